The van der Waals surface area contributed by atoms with Gasteiger partial charge in [0.15, 0.2) is 0 Å². The molecule has 0 aliphatic heterocycles. The van der Waals surface area contributed by atoms with Crippen molar-refractivity contribution in [3.05, 3.63) is 0 Å². The van der Waals surface area contributed by atoms with Gasteiger partial charge in [-0.1, -0.05) is 227 Å². The van der Waals surface area contributed by atoms with Gasteiger partial charge in [0.2, 0.25) is 5.91 Å². The van der Waals surface area contributed by atoms with Gasteiger partial charge in [-0.3, -0.25) is 4.79 Å². The second kappa shape index (κ2) is 32.2. The number of hydrogen-bond acceptors (Lipinski definition) is 2. The Morgan fingerprint density at radius 2 is 0.905 bits per heavy atom. The number of fused-ring (bicyclic) bond motifs is 5. The summed E-state index contributed by atoms with van der Waals surface area (Å²) in [5.41, 5.74) is 0.920. The maximum atomic E-state index is 14.1. The van der Waals surface area contributed by atoms with Crippen LogP contribution in [-0.2, 0) is 4.79 Å². The number of carbonyl (C=O) groups is 1. The van der Waals surface area contributed by atoms with E-state index < -0.39 is 0 Å². The molecule has 3 nitrogen and oxygen atoms in total. The van der Waals surface area contributed by atoms with E-state index in [4.69, 9.17) is 0 Å². The molecule has 4 fully saturated rings. The van der Waals surface area contributed by atoms with Crippen molar-refractivity contribution in [1.82, 2.24) is 4.90 Å². The van der Waals surface area contributed by atoms with Gasteiger partial charge >= 0.3 is 0 Å². The van der Waals surface area contributed by atoms with E-state index in [2.05, 4.69) is 39.5 Å². The SMILES string of the molecule is CCCCCCCCCCCCCCCCCCN(CCCCCCCCCCCCCCCCCC)C(=O)CC[C@@H](C)[C@H]1CCC2C3CC[C@@H]4C[C@H](O)CC[C@]4(C)C3CC[C@@]21C. The summed E-state index contributed by atoms with van der Waals surface area (Å²) in [5, 5.41) is 10.5. The van der Waals surface area contributed by atoms with Gasteiger partial charge in [-0.25, -0.2) is 0 Å². The van der Waals surface area contributed by atoms with Crippen LogP contribution in [0.15, 0.2) is 0 Å². The molecule has 1 amide bonds. The Bertz CT molecular complexity index is 1100. The number of nitrogens with zero attached hydrogens (tertiary/aromatic N) is 1. The standard InChI is InChI=1S/C60H113NO2/c1-6-8-10-12-14-16-18-20-22-24-26-28-30-32-34-36-48-61(49-37-35-33-31-29-27-25-23-21-19-17-15-13-11-9-7-2)58(63)43-38-51(3)55-41-42-56-54-40-39-52-50-53(62)44-46-59(52,4)57(54)45-47-60(55,56)5/h51-57,62H,6-50H2,1-5H3/t51-,52-,53-,54?,55-,56?,57?,59+,60-/m1/s1. The lowest BCUT2D eigenvalue weighted by atomic mass is 9.44. The van der Waals surface area contributed by atoms with Crippen LogP contribution < -0.4 is 0 Å². The summed E-state index contributed by atoms with van der Waals surface area (Å²) in [7, 11) is 0. The molecule has 4 aliphatic carbocycles. The molecule has 3 heteroatoms. The van der Waals surface area contributed by atoms with Crippen molar-refractivity contribution >= 4 is 5.91 Å². The van der Waals surface area contributed by atoms with Gasteiger partial charge in [-0.05, 0) is 123 Å². The first-order chi connectivity index (χ1) is 30.7. The molecule has 4 aliphatic rings. The monoisotopic (exact) mass is 880 g/mol. The molecular weight excluding hydrogens is 767 g/mol. The number of unbranched alkanes of at least 4 members (excludes halogenated alkanes) is 30. The van der Waals surface area contributed by atoms with Gasteiger partial charge in [0.1, 0.15) is 0 Å². The van der Waals surface area contributed by atoms with Crippen molar-refractivity contribution in [2.45, 2.75) is 317 Å². The van der Waals surface area contributed by atoms with E-state index in [1.54, 1.807) is 0 Å². The topological polar surface area (TPSA) is 40.5 Å². The van der Waals surface area contributed by atoms with Gasteiger partial charge in [0.05, 0.1) is 6.10 Å². The third kappa shape index (κ3) is 19.2. The molecule has 0 bridgehead atoms. The average molecular weight is 881 g/mol. The van der Waals surface area contributed by atoms with Crippen LogP contribution in [0.2, 0.25) is 0 Å². The second-order valence-corrected chi connectivity index (χ2v) is 23.8. The van der Waals surface area contributed by atoms with Crippen molar-refractivity contribution in [3.8, 4) is 0 Å². The van der Waals surface area contributed by atoms with Crippen LogP contribution in [0.4, 0.5) is 0 Å². The highest BCUT2D eigenvalue weighted by Crippen LogP contribution is 2.68. The summed E-state index contributed by atoms with van der Waals surface area (Å²) < 4.78 is 0. The summed E-state index contributed by atoms with van der Waals surface area (Å²) in [6, 6.07) is 0. The molecule has 9 atom stereocenters. The number of amides is 1. The highest BCUT2D eigenvalue weighted by atomic mass is 16.3. The molecule has 1 N–H and O–H groups in total. The van der Waals surface area contributed by atoms with Crippen LogP contribution in [0.25, 0.3) is 0 Å². The normalized spacial score (nSPS) is 28.4. The van der Waals surface area contributed by atoms with E-state index in [1.165, 1.54) is 250 Å². The Labute approximate surface area is 395 Å². The Balaban J connectivity index is 1.13. The van der Waals surface area contributed by atoms with E-state index in [0.717, 1.165) is 68.4 Å². The van der Waals surface area contributed by atoms with E-state index in [0.29, 0.717) is 22.7 Å². The van der Waals surface area contributed by atoms with E-state index in [9.17, 15) is 9.90 Å². The predicted molar refractivity (Wildman–Crippen MR) is 275 cm³/mol. The quantitative estimate of drug-likeness (QED) is 0.0628. The van der Waals surface area contributed by atoms with Crippen LogP contribution >= 0.6 is 0 Å². The summed E-state index contributed by atoms with van der Waals surface area (Å²) in [6.07, 6.45) is 58.4. The molecule has 4 rings (SSSR count). The van der Waals surface area contributed by atoms with Gasteiger partial charge < -0.3 is 10.0 Å². The van der Waals surface area contributed by atoms with E-state index in [-0.39, 0.29) is 6.10 Å². The lowest BCUT2D eigenvalue weighted by Gasteiger charge is -2.61. The summed E-state index contributed by atoms with van der Waals surface area (Å²) in [6.45, 7) is 14.5. The zero-order valence-electron chi connectivity index (χ0n) is 43.7. The van der Waals surface area contributed by atoms with E-state index in [1.807, 2.05) is 0 Å². The molecule has 0 aromatic rings. The molecular formula is C60H113NO2. The van der Waals surface area contributed by atoms with Gasteiger partial charge in [0, 0.05) is 19.5 Å². The molecule has 4 saturated carbocycles. The fourth-order valence-electron chi connectivity index (χ4n) is 15.0. The zero-order chi connectivity index (χ0) is 45.0. The molecule has 3 unspecified atom stereocenters. The second-order valence-electron chi connectivity index (χ2n) is 23.8. The number of rotatable bonds is 38. The smallest absolute Gasteiger partial charge is 0.222 e. The first-order valence-electron chi connectivity index (χ1n) is 29.7. The minimum absolute atomic E-state index is 0.0494. The van der Waals surface area contributed by atoms with Crippen LogP contribution in [0.3, 0.4) is 0 Å². The van der Waals surface area contributed by atoms with Crippen molar-refractivity contribution in [2.24, 2.45) is 46.3 Å². The van der Waals surface area contributed by atoms with Gasteiger partial charge in [-0.15, -0.1) is 0 Å². The fraction of sp³-hybridized carbons (Fsp3) is 0.983. The fourth-order valence-corrected chi connectivity index (χ4v) is 15.0. The van der Waals surface area contributed by atoms with Crippen LogP contribution in [0.1, 0.15) is 311 Å². The maximum Gasteiger partial charge on any atom is 0.222 e. The van der Waals surface area contributed by atoms with Crippen molar-refractivity contribution in [1.29, 1.82) is 0 Å². The Hall–Kier alpha value is -0.570. The summed E-state index contributed by atoms with van der Waals surface area (Å²) in [5.74, 6) is 5.29. The number of aliphatic hydroxyl groups is 1. The summed E-state index contributed by atoms with van der Waals surface area (Å²) in [4.78, 5) is 16.4. The number of hydrogen-bond donors (Lipinski definition) is 1. The highest BCUT2D eigenvalue weighted by Gasteiger charge is 2.60. The lowest BCUT2D eigenvalue weighted by Crippen LogP contribution is -2.54. The molecule has 0 radical (unpaired) electrons. The zero-order valence-corrected chi connectivity index (χ0v) is 43.7. The molecule has 370 valence electrons. The van der Waals surface area contributed by atoms with Crippen molar-refractivity contribution < 1.29 is 9.90 Å². The minimum atomic E-state index is -0.0494. The third-order valence-corrected chi connectivity index (χ3v) is 19.1. The molecule has 0 spiro atoms. The average Bonchev–Trinajstić information content (AvgIpc) is 3.64. The van der Waals surface area contributed by atoms with E-state index >= 15 is 0 Å². The largest absolute Gasteiger partial charge is 0.393 e. The number of aliphatic hydroxyl groups excluding tert-OH is 1. The molecule has 0 aromatic heterocycles. The maximum absolute atomic E-state index is 14.1. The lowest BCUT2D eigenvalue weighted by molar-refractivity contribution is -0.133. The first-order valence-corrected chi connectivity index (χ1v) is 29.7. The summed E-state index contributed by atoms with van der Waals surface area (Å²) >= 11 is 0. The van der Waals surface area contributed by atoms with Crippen LogP contribution in [-0.4, -0.2) is 35.1 Å². The Kier molecular flexibility index (Phi) is 28.2. The Morgan fingerprint density at radius 3 is 1.35 bits per heavy atom. The van der Waals surface area contributed by atoms with Crippen molar-refractivity contribution in [3.63, 3.8) is 0 Å². The van der Waals surface area contributed by atoms with Gasteiger partial charge in [0.25, 0.3) is 0 Å². The highest BCUT2D eigenvalue weighted by molar-refractivity contribution is 5.76. The molecule has 63 heavy (non-hydrogen) atoms. The molecule has 0 aromatic carbocycles. The van der Waals surface area contributed by atoms with Crippen LogP contribution in [0, 0.1) is 46.3 Å². The van der Waals surface area contributed by atoms with Crippen LogP contribution in [0.5, 0.6) is 0 Å². The Morgan fingerprint density at radius 1 is 0.508 bits per heavy atom. The van der Waals surface area contributed by atoms with Gasteiger partial charge in [-0.2, -0.15) is 0 Å². The first kappa shape index (κ1) is 55.0. The van der Waals surface area contributed by atoms with Crippen molar-refractivity contribution in [2.75, 3.05) is 13.1 Å². The molecule has 0 heterocycles. The predicted octanol–water partition coefficient (Wildman–Crippen LogP) is 18.8. The third-order valence-electron chi connectivity index (χ3n) is 19.1. The minimum Gasteiger partial charge on any atom is -0.393 e. The number of carbonyl (C=O) groups excluding carboxylic acids is 1. The molecule has 0 saturated heterocycles.